The summed E-state index contributed by atoms with van der Waals surface area (Å²) < 4.78 is 0. The minimum absolute atomic E-state index is 0.0754. The van der Waals surface area contributed by atoms with Gasteiger partial charge in [-0.2, -0.15) is 0 Å². The third-order valence-electron chi connectivity index (χ3n) is 3.72. The van der Waals surface area contributed by atoms with Gasteiger partial charge in [-0.25, -0.2) is 0 Å². The third-order valence-corrected chi connectivity index (χ3v) is 3.72. The van der Waals surface area contributed by atoms with Crippen molar-refractivity contribution >= 4 is 11.7 Å². The molecule has 0 amide bonds. The highest BCUT2D eigenvalue weighted by molar-refractivity contribution is 5.67. The summed E-state index contributed by atoms with van der Waals surface area (Å²) >= 11 is 0. The van der Waals surface area contributed by atoms with Crippen LogP contribution in [0, 0.1) is 0 Å². The van der Waals surface area contributed by atoms with Crippen LogP contribution in [0.3, 0.4) is 0 Å². The quantitative estimate of drug-likeness (QED) is 0.883. The number of anilines is 1. The molecule has 1 aromatic rings. The predicted octanol–water partition coefficient (Wildman–Crippen LogP) is 1.67. The lowest BCUT2D eigenvalue weighted by Gasteiger charge is -2.44. The Morgan fingerprint density at radius 2 is 2.00 bits per heavy atom. The second-order valence-corrected chi connectivity index (χ2v) is 5.01. The summed E-state index contributed by atoms with van der Waals surface area (Å²) in [4.78, 5) is 15.4. The standard InChI is InChI=1S/C14H20N2O2/c1-11-9-16(12-6-4-3-5-7-12)10-13(15(11)2)8-14(17)18/h3-7,11,13H,8-10H2,1-2H3,(H,17,18). The molecule has 2 atom stereocenters. The molecule has 1 fully saturated rings. The number of nitrogens with zero attached hydrogens (tertiary/aromatic N) is 2. The number of rotatable bonds is 3. The number of benzene rings is 1. The minimum atomic E-state index is -0.728. The van der Waals surface area contributed by atoms with Gasteiger partial charge in [0.05, 0.1) is 6.42 Å². The van der Waals surface area contributed by atoms with Crippen LogP contribution in [0.15, 0.2) is 30.3 Å². The van der Waals surface area contributed by atoms with Gasteiger partial charge in [-0.3, -0.25) is 9.69 Å². The average Bonchev–Trinajstić information content (AvgIpc) is 2.35. The molecule has 1 aliphatic rings. The number of hydrogen-bond acceptors (Lipinski definition) is 3. The zero-order chi connectivity index (χ0) is 13.1. The molecular formula is C14H20N2O2. The van der Waals surface area contributed by atoms with Gasteiger partial charge in [0.15, 0.2) is 0 Å². The van der Waals surface area contributed by atoms with Crippen molar-refractivity contribution in [3.05, 3.63) is 30.3 Å². The first kappa shape index (κ1) is 12.9. The van der Waals surface area contributed by atoms with Gasteiger partial charge in [0.1, 0.15) is 0 Å². The Hall–Kier alpha value is -1.55. The molecule has 0 aromatic heterocycles. The van der Waals surface area contributed by atoms with E-state index in [1.807, 2.05) is 25.2 Å². The van der Waals surface area contributed by atoms with E-state index in [4.69, 9.17) is 5.11 Å². The molecule has 18 heavy (non-hydrogen) atoms. The maximum Gasteiger partial charge on any atom is 0.305 e. The SMILES string of the molecule is CC1CN(c2ccccc2)CC(CC(=O)O)N1C. The van der Waals surface area contributed by atoms with Crippen LogP contribution in [-0.4, -0.2) is 48.2 Å². The van der Waals surface area contributed by atoms with E-state index in [9.17, 15) is 4.79 Å². The fourth-order valence-corrected chi connectivity index (χ4v) is 2.53. The predicted molar refractivity (Wildman–Crippen MR) is 71.9 cm³/mol. The summed E-state index contributed by atoms with van der Waals surface area (Å²) in [6.45, 7) is 3.86. The molecule has 1 N–H and O–H groups in total. The Kier molecular flexibility index (Phi) is 3.87. The van der Waals surface area contributed by atoms with Crippen molar-refractivity contribution in [1.82, 2.24) is 4.90 Å². The van der Waals surface area contributed by atoms with E-state index in [1.54, 1.807) is 0 Å². The van der Waals surface area contributed by atoms with Crippen molar-refractivity contribution in [3.63, 3.8) is 0 Å². The summed E-state index contributed by atoms with van der Waals surface area (Å²) in [7, 11) is 2.01. The monoisotopic (exact) mass is 248 g/mol. The molecule has 0 aliphatic carbocycles. The van der Waals surface area contributed by atoms with E-state index < -0.39 is 5.97 Å². The Balaban J connectivity index is 2.12. The smallest absolute Gasteiger partial charge is 0.305 e. The van der Waals surface area contributed by atoms with E-state index in [0.29, 0.717) is 6.04 Å². The molecule has 0 bridgehead atoms. The number of aliphatic carboxylic acids is 1. The summed E-state index contributed by atoms with van der Waals surface area (Å²) in [5.74, 6) is -0.728. The highest BCUT2D eigenvalue weighted by atomic mass is 16.4. The van der Waals surface area contributed by atoms with Gasteiger partial charge in [0.2, 0.25) is 0 Å². The van der Waals surface area contributed by atoms with Crippen LogP contribution < -0.4 is 4.90 Å². The van der Waals surface area contributed by atoms with Crippen LogP contribution in [-0.2, 0) is 4.79 Å². The van der Waals surface area contributed by atoms with Gasteiger partial charge < -0.3 is 10.0 Å². The largest absolute Gasteiger partial charge is 0.481 e. The number of carbonyl (C=O) groups is 1. The van der Waals surface area contributed by atoms with E-state index in [0.717, 1.165) is 13.1 Å². The summed E-state index contributed by atoms with van der Waals surface area (Å²) in [5, 5.41) is 8.98. The number of para-hydroxylation sites is 1. The van der Waals surface area contributed by atoms with Crippen LogP contribution in [0.5, 0.6) is 0 Å². The molecule has 1 heterocycles. The van der Waals surface area contributed by atoms with Crippen LogP contribution in [0.25, 0.3) is 0 Å². The topological polar surface area (TPSA) is 43.8 Å². The lowest BCUT2D eigenvalue weighted by atomic mass is 10.0. The molecule has 0 spiro atoms. The maximum absolute atomic E-state index is 10.9. The van der Waals surface area contributed by atoms with Gasteiger partial charge in [0.25, 0.3) is 0 Å². The normalized spacial score (nSPS) is 25.1. The number of likely N-dealkylation sites (N-methyl/N-ethyl adjacent to an activating group) is 1. The van der Waals surface area contributed by atoms with Crippen LogP contribution >= 0.6 is 0 Å². The summed E-state index contributed by atoms with van der Waals surface area (Å²) in [6, 6.07) is 10.6. The van der Waals surface area contributed by atoms with E-state index in [2.05, 4.69) is 28.9 Å². The van der Waals surface area contributed by atoms with Gasteiger partial charge in [-0.15, -0.1) is 0 Å². The van der Waals surface area contributed by atoms with Gasteiger partial charge in [-0.1, -0.05) is 18.2 Å². The van der Waals surface area contributed by atoms with Crippen molar-refractivity contribution in [2.75, 3.05) is 25.0 Å². The molecule has 2 rings (SSSR count). The molecule has 2 unspecified atom stereocenters. The van der Waals surface area contributed by atoms with Crippen molar-refractivity contribution in [3.8, 4) is 0 Å². The second-order valence-electron chi connectivity index (χ2n) is 5.01. The fourth-order valence-electron chi connectivity index (χ4n) is 2.53. The van der Waals surface area contributed by atoms with E-state index >= 15 is 0 Å². The van der Waals surface area contributed by atoms with Crippen molar-refractivity contribution < 1.29 is 9.90 Å². The molecule has 4 nitrogen and oxygen atoms in total. The fraction of sp³-hybridized carbons (Fsp3) is 0.500. The number of piperazine rings is 1. The maximum atomic E-state index is 10.9. The van der Waals surface area contributed by atoms with Gasteiger partial charge >= 0.3 is 5.97 Å². The molecule has 98 valence electrons. The Labute approximate surface area is 108 Å². The second kappa shape index (κ2) is 5.40. The molecule has 4 heteroatoms. The lowest BCUT2D eigenvalue weighted by molar-refractivity contribution is -0.138. The zero-order valence-electron chi connectivity index (χ0n) is 10.9. The first-order valence-corrected chi connectivity index (χ1v) is 6.31. The molecule has 1 aromatic carbocycles. The number of carboxylic acid groups (broad SMARTS) is 1. The van der Waals surface area contributed by atoms with E-state index in [-0.39, 0.29) is 12.5 Å². The van der Waals surface area contributed by atoms with Crippen molar-refractivity contribution in [1.29, 1.82) is 0 Å². The highest BCUT2D eigenvalue weighted by Crippen LogP contribution is 2.22. The summed E-state index contributed by atoms with van der Waals surface area (Å²) in [6.07, 6.45) is 0.199. The first-order chi connectivity index (χ1) is 8.58. The minimum Gasteiger partial charge on any atom is -0.481 e. The lowest BCUT2D eigenvalue weighted by Crippen LogP contribution is -2.56. The number of hydrogen-bond donors (Lipinski definition) is 1. The zero-order valence-corrected chi connectivity index (χ0v) is 10.9. The van der Waals surface area contributed by atoms with Crippen LogP contribution in [0.2, 0.25) is 0 Å². The average molecular weight is 248 g/mol. The molecule has 0 radical (unpaired) electrons. The Bertz CT molecular complexity index is 408. The van der Waals surface area contributed by atoms with Crippen molar-refractivity contribution in [2.45, 2.75) is 25.4 Å². The molecule has 1 aliphatic heterocycles. The van der Waals surface area contributed by atoms with Crippen LogP contribution in [0.4, 0.5) is 5.69 Å². The Morgan fingerprint density at radius 1 is 1.33 bits per heavy atom. The Morgan fingerprint density at radius 3 is 2.61 bits per heavy atom. The first-order valence-electron chi connectivity index (χ1n) is 6.31. The highest BCUT2D eigenvalue weighted by Gasteiger charge is 2.30. The molecule has 0 saturated carbocycles. The van der Waals surface area contributed by atoms with Gasteiger partial charge in [0, 0.05) is 30.9 Å². The van der Waals surface area contributed by atoms with E-state index in [1.165, 1.54) is 5.69 Å². The molecule has 1 saturated heterocycles. The van der Waals surface area contributed by atoms with Crippen LogP contribution in [0.1, 0.15) is 13.3 Å². The van der Waals surface area contributed by atoms with Crippen molar-refractivity contribution in [2.24, 2.45) is 0 Å². The third kappa shape index (κ3) is 2.82. The number of carboxylic acids is 1. The molecular weight excluding hydrogens is 228 g/mol. The summed E-state index contributed by atoms with van der Waals surface area (Å²) in [5.41, 5.74) is 1.17. The van der Waals surface area contributed by atoms with Gasteiger partial charge in [-0.05, 0) is 26.1 Å².